The standard InChI is InChI=1S/C13H10F3N3/c1-19-11(6-12(18-19)13(14,15)16)9-7-17-10-5-3-2-4-8(9)10/h2-7,17H,1H3. The van der Waals surface area contributed by atoms with Gasteiger partial charge in [0.1, 0.15) is 0 Å². The van der Waals surface area contributed by atoms with Crippen LogP contribution in [-0.4, -0.2) is 14.8 Å². The summed E-state index contributed by atoms with van der Waals surface area (Å²) in [5, 5.41) is 4.40. The summed E-state index contributed by atoms with van der Waals surface area (Å²) >= 11 is 0. The number of rotatable bonds is 1. The number of para-hydroxylation sites is 1. The highest BCUT2D eigenvalue weighted by Gasteiger charge is 2.34. The van der Waals surface area contributed by atoms with E-state index >= 15 is 0 Å². The largest absolute Gasteiger partial charge is 0.435 e. The fourth-order valence-corrected chi connectivity index (χ4v) is 2.14. The molecule has 0 amide bonds. The van der Waals surface area contributed by atoms with Crippen molar-refractivity contribution < 1.29 is 13.2 Å². The molecule has 1 N–H and O–H groups in total. The minimum absolute atomic E-state index is 0.435. The second-order valence-electron chi connectivity index (χ2n) is 4.28. The first-order chi connectivity index (χ1) is 8.97. The van der Waals surface area contributed by atoms with Gasteiger partial charge >= 0.3 is 6.18 Å². The van der Waals surface area contributed by atoms with Crippen LogP contribution in [0.5, 0.6) is 0 Å². The van der Waals surface area contributed by atoms with Crippen LogP contribution in [0.3, 0.4) is 0 Å². The lowest BCUT2D eigenvalue weighted by molar-refractivity contribution is -0.141. The molecule has 0 aliphatic heterocycles. The maximum absolute atomic E-state index is 12.7. The zero-order chi connectivity index (χ0) is 13.6. The molecule has 0 spiro atoms. The Balaban J connectivity index is 2.20. The van der Waals surface area contributed by atoms with Crippen molar-refractivity contribution in [3.63, 3.8) is 0 Å². The molecule has 1 aromatic carbocycles. The maximum Gasteiger partial charge on any atom is 0.435 e. The predicted molar refractivity (Wildman–Crippen MR) is 65.5 cm³/mol. The summed E-state index contributed by atoms with van der Waals surface area (Å²) in [6.07, 6.45) is -2.73. The van der Waals surface area contributed by atoms with E-state index in [2.05, 4.69) is 10.1 Å². The van der Waals surface area contributed by atoms with Gasteiger partial charge in [0, 0.05) is 29.7 Å². The van der Waals surface area contributed by atoms with Crippen molar-refractivity contribution in [2.24, 2.45) is 7.05 Å². The Kier molecular flexibility index (Phi) is 2.41. The number of fused-ring (bicyclic) bond motifs is 1. The number of hydrogen-bond donors (Lipinski definition) is 1. The topological polar surface area (TPSA) is 33.6 Å². The molecule has 0 unspecified atom stereocenters. The molecule has 6 heteroatoms. The fourth-order valence-electron chi connectivity index (χ4n) is 2.14. The molecular weight excluding hydrogens is 255 g/mol. The van der Waals surface area contributed by atoms with Gasteiger partial charge in [0.15, 0.2) is 5.69 Å². The van der Waals surface area contributed by atoms with E-state index in [4.69, 9.17) is 0 Å². The van der Waals surface area contributed by atoms with Crippen LogP contribution in [0.2, 0.25) is 0 Å². The summed E-state index contributed by atoms with van der Waals surface area (Å²) in [6.45, 7) is 0. The Hall–Kier alpha value is -2.24. The normalized spacial score (nSPS) is 12.2. The lowest BCUT2D eigenvalue weighted by atomic mass is 10.1. The zero-order valence-electron chi connectivity index (χ0n) is 9.99. The fraction of sp³-hybridized carbons (Fsp3) is 0.154. The Bertz CT molecular complexity index is 737. The SMILES string of the molecule is Cn1nc(C(F)(F)F)cc1-c1c[nH]c2ccccc12. The number of halogens is 3. The summed E-state index contributed by atoms with van der Waals surface area (Å²) in [4.78, 5) is 3.04. The van der Waals surface area contributed by atoms with E-state index in [-0.39, 0.29) is 0 Å². The highest BCUT2D eigenvalue weighted by molar-refractivity contribution is 5.94. The van der Waals surface area contributed by atoms with E-state index in [0.29, 0.717) is 11.3 Å². The van der Waals surface area contributed by atoms with Crippen molar-refractivity contribution in [2.75, 3.05) is 0 Å². The molecule has 0 fully saturated rings. The number of nitrogens with zero attached hydrogens (tertiary/aromatic N) is 2. The van der Waals surface area contributed by atoms with Crippen LogP contribution in [-0.2, 0) is 13.2 Å². The van der Waals surface area contributed by atoms with Gasteiger partial charge in [-0.25, -0.2) is 0 Å². The van der Waals surface area contributed by atoms with Gasteiger partial charge in [-0.15, -0.1) is 0 Å². The summed E-state index contributed by atoms with van der Waals surface area (Å²) in [5.41, 5.74) is 1.15. The van der Waals surface area contributed by atoms with E-state index < -0.39 is 11.9 Å². The zero-order valence-corrected chi connectivity index (χ0v) is 9.99. The first-order valence-electron chi connectivity index (χ1n) is 5.64. The second kappa shape index (κ2) is 3.88. The molecule has 2 aromatic heterocycles. The van der Waals surface area contributed by atoms with Gasteiger partial charge in [0.25, 0.3) is 0 Å². The summed E-state index contributed by atoms with van der Waals surface area (Å²) < 4.78 is 39.2. The second-order valence-corrected chi connectivity index (χ2v) is 4.28. The number of nitrogens with one attached hydrogen (secondary N) is 1. The number of aryl methyl sites for hydroxylation is 1. The third-order valence-electron chi connectivity index (χ3n) is 3.04. The molecule has 0 saturated carbocycles. The molecule has 0 aliphatic carbocycles. The van der Waals surface area contributed by atoms with Gasteiger partial charge in [-0.3, -0.25) is 4.68 Å². The molecule has 0 atom stereocenters. The molecule has 0 radical (unpaired) electrons. The van der Waals surface area contributed by atoms with E-state index in [1.54, 1.807) is 6.20 Å². The molecule has 19 heavy (non-hydrogen) atoms. The van der Waals surface area contributed by atoms with Crippen molar-refractivity contribution in [3.8, 4) is 11.3 Å². The summed E-state index contributed by atoms with van der Waals surface area (Å²) in [5.74, 6) is 0. The maximum atomic E-state index is 12.7. The van der Waals surface area contributed by atoms with Crippen LogP contribution in [0.1, 0.15) is 5.69 Å². The molecule has 3 aromatic rings. The third-order valence-corrected chi connectivity index (χ3v) is 3.04. The van der Waals surface area contributed by atoms with Crippen LogP contribution in [0.15, 0.2) is 36.5 Å². The number of H-pyrrole nitrogens is 1. The molecular formula is C13H10F3N3. The highest BCUT2D eigenvalue weighted by atomic mass is 19.4. The predicted octanol–water partition coefficient (Wildman–Crippen LogP) is 3.59. The Labute approximate surface area is 106 Å². The average Bonchev–Trinajstić information content (AvgIpc) is 2.91. The van der Waals surface area contributed by atoms with Crippen LogP contribution in [0.25, 0.3) is 22.2 Å². The van der Waals surface area contributed by atoms with Gasteiger partial charge in [-0.2, -0.15) is 18.3 Å². The Morgan fingerprint density at radius 2 is 1.95 bits per heavy atom. The van der Waals surface area contributed by atoms with E-state index in [9.17, 15) is 13.2 Å². The molecule has 0 bridgehead atoms. The summed E-state index contributed by atoms with van der Waals surface area (Å²) in [7, 11) is 1.51. The minimum Gasteiger partial charge on any atom is -0.360 e. The average molecular weight is 265 g/mol. The molecule has 0 saturated heterocycles. The number of aromatic nitrogens is 3. The minimum atomic E-state index is -4.43. The monoisotopic (exact) mass is 265 g/mol. The molecule has 98 valence electrons. The molecule has 3 rings (SSSR count). The molecule has 3 nitrogen and oxygen atoms in total. The Morgan fingerprint density at radius 3 is 2.63 bits per heavy atom. The number of alkyl halides is 3. The van der Waals surface area contributed by atoms with Crippen LogP contribution in [0, 0.1) is 0 Å². The van der Waals surface area contributed by atoms with Gasteiger partial charge in [-0.05, 0) is 12.1 Å². The van der Waals surface area contributed by atoms with Crippen LogP contribution in [0.4, 0.5) is 13.2 Å². The summed E-state index contributed by atoms with van der Waals surface area (Å²) in [6, 6.07) is 8.52. The van der Waals surface area contributed by atoms with Crippen LogP contribution < -0.4 is 0 Å². The third kappa shape index (κ3) is 1.89. The number of aromatic amines is 1. The van der Waals surface area contributed by atoms with Gasteiger partial charge in [0.2, 0.25) is 0 Å². The van der Waals surface area contributed by atoms with Crippen molar-refractivity contribution in [1.82, 2.24) is 14.8 Å². The lowest BCUT2D eigenvalue weighted by Gasteiger charge is -1.99. The van der Waals surface area contributed by atoms with Gasteiger partial charge in [-0.1, -0.05) is 18.2 Å². The lowest BCUT2D eigenvalue weighted by Crippen LogP contribution is -2.06. The quantitative estimate of drug-likeness (QED) is 0.716. The number of benzene rings is 1. The number of hydrogen-bond acceptors (Lipinski definition) is 1. The molecule has 0 aliphatic rings. The van der Waals surface area contributed by atoms with Crippen molar-refractivity contribution >= 4 is 10.9 Å². The van der Waals surface area contributed by atoms with E-state index in [1.165, 1.54) is 11.7 Å². The van der Waals surface area contributed by atoms with E-state index in [1.807, 2.05) is 24.3 Å². The molecule has 2 heterocycles. The van der Waals surface area contributed by atoms with Gasteiger partial charge in [0.05, 0.1) is 5.69 Å². The first kappa shape index (κ1) is 11.8. The van der Waals surface area contributed by atoms with Gasteiger partial charge < -0.3 is 4.98 Å². The first-order valence-corrected chi connectivity index (χ1v) is 5.64. The smallest absolute Gasteiger partial charge is 0.360 e. The highest BCUT2D eigenvalue weighted by Crippen LogP contribution is 2.33. The van der Waals surface area contributed by atoms with Crippen LogP contribution >= 0.6 is 0 Å². The van der Waals surface area contributed by atoms with Crippen molar-refractivity contribution in [2.45, 2.75) is 6.18 Å². The Morgan fingerprint density at radius 1 is 1.21 bits per heavy atom. The van der Waals surface area contributed by atoms with E-state index in [0.717, 1.165) is 17.0 Å². The van der Waals surface area contributed by atoms with Crippen molar-refractivity contribution in [1.29, 1.82) is 0 Å². The van der Waals surface area contributed by atoms with Crippen molar-refractivity contribution in [3.05, 3.63) is 42.2 Å².